The molecule has 0 atom stereocenters. The van der Waals surface area contributed by atoms with Gasteiger partial charge in [-0.2, -0.15) is 0 Å². The van der Waals surface area contributed by atoms with E-state index in [1.54, 1.807) is 54.7 Å². The van der Waals surface area contributed by atoms with Crippen molar-refractivity contribution in [1.82, 2.24) is 19.8 Å². The molecule has 0 fully saturated rings. The number of carbonyl (C=O) groups is 2. The molecule has 1 aromatic carbocycles. The number of aromatic nitrogens is 2. The Morgan fingerprint density at radius 3 is 1.77 bits per heavy atom. The summed E-state index contributed by atoms with van der Waals surface area (Å²) in [5.74, 6) is 0. The summed E-state index contributed by atoms with van der Waals surface area (Å²) >= 11 is 0. The van der Waals surface area contributed by atoms with E-state index in [1.807, 2.05) is 43.3 Å². The Hall–Kier alpha value is -3.94. The summed E-state index contributed by atoms with van der Waals surface area (Å²) in [6.45, 7) is 2.83. The van der Waals surface area contributed by atoms with E-state index in [2.05, 4.69) is 20.6 Å². The molecule has 0 radical (unpaired) electrons. The number of hydrogen-bond acceptors (Lipinski definition) is 4. The molecule has 0 spiro atoms. The number of pyridine rings is 2. The molecule has 2 N–H and O–H groups in total. The standard InChI is InChI=1S/C23H26N6O2/c1-17-4-5-20(26-22(30)28(2)15-18-6-10-24-11-7-18)14-21(17)27-23(31)29(3)16-19-8-12-25-13-9-19/h4-14H,15-16H2,1-3H3,(H,26,30)(H,27,31). The first-order valence-corrected chi connectivity index (χ1v) is 9.85. The van der Waals surface area contributed by atoms with Crippen molar-refractivity contribution in [3.63, 3.8) is 0 Å². The minimum Gasteiger partial charge on any atom is -0.323 e. The van der Waals surface area contributed by atoms with Gasteiger partial charge in [0, 0.05) is 63.3 Å². The number of amides is 4. The second-order valence-electron chi connectivity index (χ2n) is 7.31. The Morgan fingerprint density at radius 2 is 1.26 bits per heavy atom. The maximum Gasteiger partial charge on any atom is 0.321 e. The minimum atomic E-state index is -0.243. The molecule has 2 heterocycles. The fraction of sp³-hybridized carbons (Fsp3) is 0.217. The maximum atomic E-state index is 12.6. The van der Waals surface area contributed by atoms with Crippen molar-refractivity contribution in [1.29, 1.82) is 0 Å². The Balaban J connectivity index is 1.61. The van der Waals surface area contributed by atoms with E-state index in [0.717, 1.165) is 16.7 Å². The second kappa shape index (κ2) is 10.2. The number of benzene rings is 1. The van der Waals surface area contributed by atoms with Gasteiger partial charge < -0.3 is 20.4 Å². The number of carbonyl (C=O) groups excluding carboxylic acids is 2. The average Bonchev–Trinajstić information content (AvgIpc) is 2.77. The summed E-state index contributed by atoms with van der Waals surface area (Å²) in [6.07, 6.45) is 6.79. The van der Waals surface area contributed by atoms with Crippen LogP contribution in [-0.4, -0.2) is 45.9 Å². The van der Waals surface area contributed by atoms with Crippen LogP contribution < -0.4 is 10.6 Å². The van der Waals surface area contributed by atoms with Crippen LogP contribution in [0.3, 0.4) is 0 Å². The number of aryl methyl sites for hydroxylation is 1. The highest BCUT2D eigenvalue weighted by Gasteiger charge is 2.13. The molecule has 0 unspecified atom stereocenters. The molecule has 0 aliphatic rings. The van der Waals surface area contributed by atoms with E-state index in [9.17, 15) is 9.59 Å². The van der Waals surface area contributed by atoms with Gasteiger partial charge in [-0.15, -0.1) is 0 Å². The van der Waals surface area contributed by atoms with Gasteiger partial charge in [0.15, 0.2) is 0 Å². The average molecular weight is 419 g/mol. The number of nitrogens with zero attached hydrogens (tertiary/aromatic N) is 4. The summed E-state index contributed by atoms with van der Waals surface area (Å²) in [5, 5.41) is 5.78. The molecule has 8 heteroatoms. The van der Waals surface area contributed by atoms with E-state index in [1.165, 1.54) is 0 Å². The van der Waals surface area contributed by atoms with Crippen LogP contribution in [0.2, 0.25) is 0 Å². The fourth-order valence-corrected chi connectivity index (χ4v) is 2.93. The van der Waals surface area contributed by atoms with Gasteiger partial charge in [-0.25, -0.2) is 9.59 Å². The van der Waals surface area contributed by atoms with Crippen molar-refractivity contribution < 1.29 is 9.59 Å². The van der Waals surface area contributed by atoms with E-state index in [-0.39, 0.29) is 12.1 Å². The lowest BCUT2D eigenvalue weighted by Crippen LogP contribution is -2.32. The van der Waals surface area contributed by atoms with Crippen molar-refractivity contribution in [3.05, 3.63) is 83.9 Å². The zero-order chi connectivity index (χ0) is 22.2. The van der Waals surface area contributed by atoms with Gasteiger partial charge >= 0.3 is 12.1 Å². The molecule has 0 aliphatic heterocycles. The number of nitrogens with one attached hydrogen (secondary N) is 2. The van der Waals surface area contributed by atoms with Crippen LogP contribution in [0.15, 0.2) is 67.3 Å². The van der Waals surface area contributed by atoms with Crippen molar-refractivity contribution in [2.45, 2.75) is 20.0 Å². The maximum absolute atomic E-state index is 12.6. The highest BCUT2D eigenvalue weighted by molar-refractivity contribution is 5.93. The van der Waals surface area contributed by atoms with Crippen molar-refractivity contribution in [3.8, 4) is 0 Å². The van der Waals surface area contributed by atoms with Crippen LogP contribution in [0.1, 0.15) is 16.7 Å². The van der Waals surface area contributed by atoms with Crippen LogP contribution in [-0.2, 0) is 13.1 Å². The summed E-state index contributed by atoms with van der Waals surface area (Å²) < 4.78 is 0. The lowest BCUT2D eigenvalue weighted by Gasteiger charge is -2.20. The quantitative estimate of drug-likeness (QED) is 0.630. The van der Waals surface area contributed by atoms with Crippen molar-refractivity contribution in [2.75, 3.05) is 24.7 Å². The van der Waals surface area contributed by atoms with Gasteiger partial charge in [0.25, 0.3) is 0 Å². The monoisotopic (exact) mass is 418 g/mol. The van der Waals surface area contributed by atoms with Gasteiger partial charge in [0.1, 0.15) is 0 Å². The predicted octanol–water partition coefficient (Wildman–Crippen LogP) is 4.11. The molecule has 0 saturated heterocycles. The SMILES string of the molecule is Cc1ccc(NC(=O)N(C)Cc2ccncc2)cc1NC(=O)N(C)Cc1ccncc1. The van der Waals surface area contributed by atoms with Gasteiger partial charge in [-0.05, 0) is 60.0 Å². The van der Waals surface area contributed by atoms with Crippen molar-refractivity contribution in [2.24, 2.45) is 0 Å². The zero-order valence-electron chi connectivity index (χ0n) is 17.9. The van der Waals surface area contributed by atoms with Crippen LogP contribution in [0.5, 0.6) is 0 Å². The molecule has 4 amide bonds. The van der Waals surface area contributed by atoms with Gasteiger partial charge in [-0.3, -0.25) is 9.97 Å². The molecule has 0 saturated carbocycles. The summed E-state index contributed by atoms with van der Waals surface area (Å²) in [5.41, 5.74) is 4.11. The second-order valence-corrected chi connectivity index (χ2v) is 7.31. The Kier molecular flexibility index (Phi) is 7.16. The minimum absolute atomic E-state index is 0.238. The van der Waals surface area contributed by atoms with E-state index < -0.39 is 0 Å². The van der Waals surface area contributed by atoms with Gasteiger partial charge in [0.05, 0.1) is 0 Å². The first-order valence-electron chi connectivity index (χ1n) is 9.85. The number of hydrogen-bond donors (Lipinski definition) is 2. The summed E-state index contributed by atoms with van der Waals surface area (Å²) in [6, 6.07) is 12.4. The van der Waals surface area contributed by atoms with Crippen LogP contribution in [0.4, 0.5) is 21.0 Å². The molecule has 31 heavy (non-hydrogen) atoms. The normalized spacial score (nSPS) is 10.3. The number of urea groups is 2. The van der Waals surface area contributed by atoms with Crippen LogP contribution >= 0.6 is 0 Å². The molecule has 160 valence electrons. The first kappa shape index (κ1) is 21.8. The molecule has 2 aromatic heterocycles. The predicted molar refractivity (Wildman–Crippen MR) is 121 cm³/mol. The number of anilines is 2. The lowest BCUT2D eigenvalue weighted by molar-refractivity contribution is 0.220. The van der Waals surface area contributed by atoms with Gasteiger partial charge in [0.2, 0.25) is 0 Å². The molecule has 3 aromatic rings. The molecule has 3 rings (SSSR count). The van der Waals surface area contributed by atoms with E-state index >= 15 is 0 Å². The summed E-state index contributed by atoms with van der Waals surface area (Å²) in [7, 11) is 3.45. The largest absolute Gasteiger partial charge is 0.323 e. The first-order chi connectivity index (χ1) is 14.9. The Labute approximate surface area is 181 Å². The number of rotatable bonds is 6. The lowest BCUT2D eigenvalue weighted by atomic mass is 10.2. The third-order valence-electron chi connectivity index (χ3n) is 4.76. The van der Waals surface area contributed by atoms with Crippen molar-refractivity contribution >= 4 is 23.4 Å². The van der Waals surface area contributed by atoms with Gasteiger partial charge in [-0.1, -0.05) is 6.07 Å². The Bertz CT molecular complexity index is 1030. The fourth-order valence-electron chi connectivity index (χ4n) is 2.93. The Morgan fingerprint density at radius 1 is 0.774 bits per heavy atom. The molecule has 8 nitrogen and oxygen atoms in total. The van der Waals surface area contributed by atoms with Crippen LogP contribution in [0, 0.1) is 6.92 Å². The van der Waals surface area contributed by atoms with Crippen LogP contribution in [0.25, 0.3) is 0 Å². The highest BCUT2D eigenvalue weighted by atomic mass is 16.2. The zero-order valence-corrected chi connectivity index (χ0v) is 17.9. The summed E-state index contributed by atoms with van der Waals surface area (Å²) in [4.78, 5) is 36.3. The third kappa shape index (κ3) is 6.27. The van der Waals surface area contributed by atoms with E-state index in [0.29, 0.717) is 24.5 Å². The molecule has 0 bridgehead atoms. The highest BCUT2D eigenvalue weighted by Crippen LogP contribution is 2.21. The third-order valence-corrected chi connectivity index (χ3v) is 4.76. The molecular formula is C23H26N6O2. The molecule has 0 aliphatic carbocycles. The molecular weight excluding hydrogens is 392 g/mol. The smallest absolute Gasteiger partial charge is 0.321 e. The van der Waals surface area contributed by atoms with E-state index in [4.69, 9.17) is 0 Å². The topological polar surface area (TPSA) is 90.5 Å².